The first-order valence-electron chi connectivity index (χ1n) is 9.96. The summed E-state index contributed by atoms with van der Waals surface area (Å²) < 4.78 is 19.9. The molecule has 4 rings (SSSR count). The molecule has 6 heteroatoms. The maximum atomic E-state index is 14.1. The summed E-state index contributed by atoms with van der Waals surface area (Å²) in [7, 11) is 1.67. The Bertz CT molecular complexity index is 1200. The van der Waals surface area contributed by atoms with Crippen molar-refractivity contribution in [1.29, 1.82) is 0 Å². The fraction of sp³-hybridized carbons (Fsp3) is 0.160. The van der Waals surface area contributed by atoms with Gasteiger partial charge in [0.1, 0.15) is 5.82 Å². The van der Waals surface area contributed by atoms with Crippen LogP contribution in [0.1, 0.15) is 34.5 Å². The molecule has 0 spiro atoms. The van der Waals surface area contributed by atoms with Gasteiger partial charge in [-0.05, 0) is 56.3 Å². The Morgan fingerprint density at radius 3 is 2.03 bits per heavy atom. The number of amides is 1. The van der Waals surface area contributed by atoms with E-state index in [0.29, 0.717) is 28.5 Å². The van der Waals surface area contributed by atoms with Crippen molar-refractivity contribution in [1.82, 2.24) is 15.1 Å². The number of aryl methyl sites for hydroxylation is 1. The summed E-state index contributed by atoms with van der Waals surface area (Å²) in [6.07, 6.45) is 0. The zero-order chi connectivity index (χ0) is 22.0. The zero-order valence-corrected chi connectivity index (χ0v) is 17.5. The summed E-state index contributed by atoms with van der Waals surface area (Å²) in [6, 6.07) is 20.9. The Labute approximate surface area is 180 Å². The number of nitrogens with zero attached hydrogens (tertiary/aromatic N) is 3. The van der Waals surface area contributed by atoms with Gasteiger partial charge in [-0.2, -0.15) is 0 Å². The van der Waals surface area contributed by atoms with Crippen LogP contribution in [0.25, 0.3) is 22.9 Å². The average Bonchev–Trinajstić information content (AvgIpc) is 3.29. The molecule has 31 heavy (non-hydrogen) atoms. The molecule has 0 fully saturated rings. The number of halogens is 1. The highest BCUT2D eigenvalue weighted by Gasteiger charge is 2.21. The van der Waals surface area contributed by atoms with Crippen LogP contribution in [-0.2, 0) is 0 Å². The van der Waals surface area contributed by atoms with Crippen molar-refractivity contribution in [3.63, 3.8) is 0 Å². The smallest absolute Gasteiger partial charge is 0.254 e. The van der Waals surface area contributed by atoms with Gasteiger partial charge >= 0.3 is 0 Å². The first-order valence-corrected chi connectivity index (χ1v) is 9.96. The third kappa shape index (κ3) is 4.23. The Morgan fingerprint density at radius 1 is 0.903 bits per heavy atom. The van der Waals surface area contributed by atoms with Gasteiger partial charge in [-0.15, -0.1) is 10.2 Å². The summed E-state index contributed by atoms with van der Waals surface area (Å²) in [5, 5.41) is 8.23. The Morgan fingerprint density at radius 2 is 1.45 bits per heavy atom. The third-order valence-corrected chi connectivity index (χ3v) is 5.36. The second-order valence-corrected chi connectivity index (χ2v) is 7.47. The van der Waals surface area contributed by atoms with Crippen LogP contribution in [0, 0.1) is 12.7 Å². The van der Waals surface area contributed by atoms with Gasteiger partial charge in [0.15, 0.2) is 0 Å². The van der Waals surface area contributed by atoms with Crippen LogP contribution in [0.2, 0.25) is 0 Å². The van der Waals surface area contributed by atoms with Crippen molar-refractivity contribution in [2.75, 3.05) is 7.05 Å². The normalized spacial score (nSPS) is 11.9. The van der Waals surface area contributed by atoms with Crippen LogP contribution in [0.4, 0.5) is 4.39 Å². The molecule has 0 aliphatic heterocycles. The molecule has 156 valence electrons. The van der Waals surface area contributed by atoms with Crippen molar-refractivity contribution in [3.05, 3.63) is 95.3 Å². The fourth-order valence-corrected chi connectivity index (χ4v) is 3.31. The van der Waals surface area contributed by atoms with E-state index in [1.54, 1.807) is 56.4 Å². The van der Waals surface area contributed by atoms with Gasteiger partial charge in [-0.1, -0.05) is 35.9 Å². The van der Waals surface area contributed by atoms with Crippen LogP contribution >= 0.6 is 0 Å². The molecule has 0 aliphatic rings. The van der Waals surface area contributed by atoms with Crippen LogP contribution in [-0.4, -0.2) is 28.1 Å². The molecule has 0 saturated heterocycles. The fourth-order valence-electron chi connectivity index (χ4n) is 3.31. The summed E-state index contributed by atoms with van der Waals surface area (Å²) >= 11 is 0. The van der Waals surface area contributed by atoms with E-state index in [-0.39, 0.29) is 11.7 Å². The van der Waals surface area contributed by atoms with Crippen molar-refractivity contribution < 1.29 is 13.6 Å². The molecular formula is C25H22FN3O2. The van der Waals surface area contributed by atoms with Gasteiger partial charge in [0.2, 0.25) is 11.8 Å². The molecule has 1 atom stereocenters. The molecule has 0 N–H and O–H groups in total. The molecule has 3 aromatic carbocycles. The van der Waals surface area contributed by atoms with Crippen LogP contribution in [0.15, 0.2) is 77.2 Å². The molecule has 5 nitrogen and oxygen atoms in total. The van der Waals surface area contributed by atoms with E-state index in [4.69, 9.17) is 4.42 Å². The largest absolute Gasteiger partial charge is 0.416 e. The van der Waals surface area contributed by atoms with E-state index >= 15 is 0 Å². The van der Waals surface area contributed by atoms with Crippen LogP contribution < -0.4 is 0 Å². The molecule has 0 bridgehead atoms. The van der Waals surface area contributed by atoms with Gasteiger partial charge < -0.3 is 9.32 Å². The topological polar surface area (TPSA) is 59.2 Å². The second-order valence-electron chi connectivity index (χ2n) is 7.47. The highest BCUT2D eigenvalue weighted by atomic mass is 19.1. The van der Waals surface area contributed by atoms with Crippen molar-refractivity contribution in [2.45, 2.75) is 19.9 Å². The van der Waals surface area contributed by atoms with Gasteiger partial charge in [0.25, 0.3) is 5.91 Å². The van der Waals surface area contributed by atoms with Gasteiger partial charge in [-0.25, -0.2) is 4.39 Å². The molecule has 0 saturated carbocycles. The van der Waals surface area contributed by atoms with Crippen LogP contribution in [0.5, 0.6) is 0 Å². The Kier molecular flexibility index (Phi) is 5.62. The Hall–Kier alpha value is -3.80. The van der Waals surface area contributed by atoms with E-state index in [0.717, 1.165) is 11.1 Å². The van der Waals surface area contributed by atoms with E-state index in [9.17, 15) is 9.18 Å². The number of rotatable bonds is 5. The number of hydrogen-bond acceptors (Lipinski definition) is 4. The highest BCUT2D eigenvalue weighted by Crippen LogP contribution is 2.26. The van der Waals surface area contributed by atoms with Crippen molar-refractivity contribution >= 4 is 5.91 Å². The lowest BCUT2D eigenvalue weighted by atomic mass is 10.0. The maximum absolute atomic E-state index is 14.1. The first-order chi connectivity index (χ1) is 14.9. The molecule has 1 unspecified atom stereocenters. The molecule has 1 heterocycles. The van der Waals surface area contributed by atoms with E-state index in [2.05, 4.69) is 10.2 Å². The summed E-state index contributed by atoms with van der Waals surface area (Å²) in [5.74, 6) is 0.287. The van der Waals surface area contributed by atoms with E-state index < -0.39 is 6.04 Å². The molecule has 1 amide bonds. The average molecular weight is 415 g/mol. The number of hydrogen-bond donors (Lipinski definition) is 0. The number of benzene rings is 3. The van der Waals surface area contributed by atoms with Crippen LogP contribution in [0.3, 0.4) is 0 Å². The minimum atomic E-state index is -0.401. The lowest BCUT2D eigenvalue weighted by molar-refractivity contribution is 0.0740. The van der Waals surface area contributed by atoms with E-state index in [1.165, 1.54) is 11.0 Å². The molecule has 1 aromatic heterocycles. The SMILES string of the molecule is Cc1ccc(-c2nnc(-c3ccc(C(=O)N(C)C(C)c4ccccc4F)cc3)o2)cc1. The first kappa shape index (κ1) is 20.5. The number of carbonyl (C=O) groups is 1. The Balaban J connectivity index is 1.51. The lowest BCUT2D eigenvalue weighted by Gasteiger charge is -2.25. The molecule has 0 aliphatic carbocycles. The predicted octanol–water partition coefficient (Wildman–Crippen LogP) is 5.68. The molecular weight excluding hydrogens is 393 g/mol. The minimum absolute atomic E-state index is 0.201. The number of carbonyl (C=O) groups excluding carboxylic acids is 1. The molecule has 0 radical (unpaired) electrons. The third-order valence-electron chi connectivity index (χ3n) is 5.36. The second kappa shape index (κ2) is 8.52. The van der Waals surface area contributed by atoms with Crippen molar-refractivity contribution in [2.24, 2.45) is 0 Å². The standard InChI is InChI=1S/C25H22FN3O2/c1-16-8-10-18(11-9-16)23-27-28-24(31-23)19-12-14-20(15-13-19)25(30)29(3)17(2)21-6-4-5-7-22(21)26/h4-15,17H,1-3H3. The van der Waals surface area contributed by atoms with Gasteiger partial charge in [0.05, 0.1) is 6.04 Å². The minimum Gasteiger partial charge on any atom is -0.416 e. The highest BCUT2D eigenvalue weighted by molar-refractivity contribution is 5.94. The van der Waals surface area contributed by atoms with Gasteiger partial charge in [-0.3, -0.25) is 4.79 Å². The van der Waals surface area contributed by atoms with Gasteiger partial charge in [0, 0.05) is 29.3 Å². The number of aromatic nitrogens is 2. The monoisotopic (exact) mass is 415 g/mol. The lowest BCUT2D eigenvalue weighted by Crippen LogP contribution is -2.30. The maximum Gasteiger partial charge on any atom is 0.254 e. The predicted molar refractivity (Wildman–Crippen MR) is 117 cm³/mol. The summed E-state index contributed by atoms with van der Waals surface area (Å²) in [5.41, 5.74) is 3.68. The summed E-state index contributed by atoms with van der Waals surface area (Å²) in [4.78, 5) is 14.4. The quantitative estimate of drug-likeness (QED) is 0.420. The van der Waals surface area contributed by atoms with Crippen molar-refractivity contribution in [3.8, 4) is 22.9 Å². The molecule has 4 aromatic rings. The summed E-state index contributed by atoms with van der Waals surface area (Å²) in [6.45, 7) is 3.82. The van der Waals surface area contributed by atoms with E-state index in [1.807, 2.05) is 31.2 Å². The zero-order valence-electron chi connectivity index (χ0n) is 17.5.